The number of hydrogen-bond acceptors (Lipinski definition) is 13. The molecule has 4 saturated heterocycles. The molecule has 1 aliphatic carbocycles. The number of likely N-dealkylation sites (N-methyl/N-ethyl adjacent to an activating group) is 1. The van der Waals surface area contributed by atoms with Crippen molar-refractivity contribution in [2.45, 2.75) is 109 Å². The van der Waals surface area contributed by atoms with E-state index in [0.717, 1.165) is 99.2 Å². The van der Waals surface area contributed by atoms with E-state index in [2.05, 4.69) is 47.8 Å². The molecule has 2 unspecified atom stereocenters. The van der Waals surface area contributed by atoms with Gasteiger partial charge >= 0.3 is 0 Å². The number of carbonyl (C=O) groups is 4. The quantitative estimate of drug-likeness (QED) is 0.159. The van der Waals surface area contributed by atoms with E-state index < -0.39 is 6.04 Å². The number of benzene rings is 2. The topological polar surface area (TPSA) is 184 Å². The van der Waals surface area contributed by atoms with E-state index in [9.17, 15) is 24.0 Å². The van der Waals surface area contributed by atoms with Crippen LogP contribution in [-0.2, 0) is 25.7 Å². The number of nitrogens with one attached hydrogen (secondary N) is 3. The maximum atomic E-state index is 13.3. The minimum Gasteiger partial charge on any atom is -0.478 e. The third kappa shape index (κ3) is 9.05. The molecule has 4 aromatic rings. The standard InChI is InChI=1S/C49H59ClN10O7/c1-29(2)60-39-8-5-32(19-30(39)21-41(47(60)65)66-26-43(62)51-3)53-44-38(50)24-52-48(55-44)56-16-11-35(12-17-56)67-36-22-34(23-36)58-18-14-49(28-58)13-4-15-57(27-49)33-6-7-37-31(20-33)25-59(46(37)64)40-9-10-42(61)54-45(40)63/h5-8,19-21,24,29,34-36,40H,4,9-18,22-23,25-28H2,1-3H3,(H,51,62)(H,52,53,55)(H,54,61,63)/t34-,36-,40?,49?. The molecule has 17 nitrogen and oxygen atoms in total. The van der Waals surface area contributed by atoms with Gasteiger partial charge in [0.25, 0.3) is 17.4 Å². The molecule has 2 aromatic heterocycles. The van der Waals surface area contributed by atoms with Crippen molar-refractivity contribution in [3.63, 3.8) is 0 Å². The van der Waals surface area contributed by atoms with Gasteiger partial charge in [0.05, 0.1) is 23.9 Å². The highest BCUT2D eigenvalue weighted by Crippen LogP contribution is 2.44. The summed E-state index contributed by atoms with van der Waals surface area (Å²) >= 11 is 6.63. The van der Waals surface area contributed by atoms with E-state index in [-0.39, 0.29) is 71.6 Å². The number of fused-ring (bicyclic) bond motifs is 2. The smallest absolute Gasteiger partial charge is 0.293 e. The lowest BCUT2D eigenvalue weighted by molar-refractivity contribution is -0.137. The Hall–Kier alpha value is -5.78. The summed E-state index contributed by atoms with van der Waals surface area (Å²) in [6.45, 7) is 9.73. The first-order valence-corrected chi connectivity index (χ1v) is 24.2. The van der Waals surface area contributed by atoms with Gasteiger partial charge in [0, 0.05) is 92.6 Å². The van der Waals surface area contributed by atoms with Crippen LogP contribution in [0.1, 0.15) is 93.6 Å². The lowest BCUT2D eigenvalue weighted by Crippen LogP contribution is -2.52. The number of pyridine rings is 1. The number of ether oxygens (including phenoxy) is 2. The molecule has 67 heavy (non-hydrogen) atoms. The molecule has 4 amide bonds. The summed E-state index contributed by atoms with van der Waals surface area (Å²) in [6.07, 6.45) is 10.1. The second-order valence-electron chi connectivity index (χ2n) is 19.6. The fourth-order valence-electron chi connectivity index (χ4n) is 11.2. The van der Waals surface area contributed by atoms with Crippen molar-refractivity contribution in [3.8, 4) is 5.75 Å². The third-order valence-corrected chi connectivity index (χ3v) is 15.1. The molecule has 18 heteroatoms. The van der Waals surface area contributed by atoms with Crippen molar-refractivity contribution in [2.75, 3.05) is 68.0 Å². The number of likely N-dealkylation sites (tertiary alicyclic amines) is 1. The highest BCUT2D eigenvalue weighted by Gasteiger charge is 2.47. The van der Waals surface area contributed by atoms with Crippen LogP contribution in [0.3, 0.4) is 0 Å². The van der Waals surface area contributed by atoms with Crippen molar-refractivity contribution in [1.29, 1.82) is 0 Å². The number of carbonyl (C=O) groups excluding carboxylic acids is 4. The van der Waals surface area contributed by atoms with Crippen molar-refractivity contribution in [2.24, 2.45) is 5.41 Å². The summed E-state index contributed by atoms with van der Waals surface area (Å²) in [5, 5.41) is 9.40. The second kappa shape index (κ2) is 18.4. The van der Waals surface area contributed by atoms with Gasteiger partial charge in [-0.25, -0.2) is 4.98 Å². The van der Waals surface area contributed by atoms with Crippen molar-refractivity contribution < 1.29 is 28.7 Å². The van der Waals surface area contributed by atoms with Crippen LogP contribution in [0, 0.1) is 5.41 Å². The zero-order chi connectivity index (χ0) is 46.6. The number of piperidine rings is 3. The highest BCUT2D eigenvalue weighted by atomic mass is 35.5. The summed E-state index contributed by atoms with van der Waals surface area (Å²) in [6, 6.07) is 13.3. The van der Waals surface area contributed by atoms with Gasteiger partial charge in [-0.1, -0.05) is 11.6 Å². The molecule has 0 bridgehead atoms. The summed E-state index contributed by atoms with van der Waals surface area (Å²) in [5.41, 5.74) is 4.15. The number of amides is 4. The molecule has 5 fully saturated rings. The molecule has 3 N–H and O–H groups in total. The molecule has 2 aromatic carbocycles. The highest BCUT2D eigenvalue weighted by molar-refractivity contribution is 6.33. The van der Waals surface area contributed by atoms with Crippen LogP contribution in [0.25, 0.3) is 10.9 Å². The molecule has 1 spiro atoms. The van der Waals surface area contributed by atoms with Gasteiger partial charge in [-0.3, -0.25) is 34.2 Å². The second-order valence-corrected chi connectivity index (χ2v) is 20.0. The minimum absolute atomic E-state index is 0.0975. The summed E-state index contributed by atoms with van der Waals surface area (Å²) in [5.74, 6) is 0.0517. The molecule has 1 saturated carbocycles. The Bertz CT molecular complexity index is 2660. The molecule has 10 rings (SSSR count). The van der Waals surface area contributed by atoms with Crippen LogP contribution < -0.4 is 36.0 Å². The number of nitrogens with zero attached hydrogens (tertiary/aromatic N) is 7. The molecule has 5 aliphatic heterocycles. The molecule has 7 heterocycles. The van der Waals surface area contributed by atoms with Gasteiger partial charge in [0.2, 0.25) is 17.8 Å². The number of hydrogen-bond donors (Lipinski definition) is 3. The maximum absolute atomic E-state index is 13.3. The number of halogens is 1. The average molecular weight is 936 g/mol. The van der Waals surface area contributed by atoms with E-state index in [4.69, 9.17) is 26.1 Å². The van der Waals surface area contributed by atoms with E-state index in [1.165, 1.54) is 19.9 Å². The molecular weight excluding hydrogens is 876 g/mol. The number of imide groups is 1. The number of rotatable bonds is 12. The lowest BCUT2D eigenvalue weighted by Gasteiger charge is -2.45. The van der Waals surface area contributed by atoms with Crippen LogP contribution in [0.4, 0.5) is 23.1 Å². The van der Waals surface area contributed by atoms with E-state index in [1.807, 2.05) is 38.1 Å². The van der Waals surface area contributed by atoms with Gasteiger partial charge in [0.1, 0.15) is 11.1 Å². The van der Waals surface area contributed by atoms with Crippen molar-refractivity contribution in [3.05, 3.63) is 75.2 Å². The molecule has 0 radical (unpaired) electrons. The zero-order valence-corrected chi connectivity index (χ0v) is 39.1. The third-order valence-electron chi connectivity index (χ3n) is 14.8. The first-order valence-electron chi connectivity index (χ1n) is 23.8. The number of anilines is 4. The van der Waals surface area contributed by atoms with Crippen molar-refractivity contribution in [1.82, 2.24) is 35.0 Å². The van der Waals surface area contributed by atoms with E-state index in [1.54, 1.807) is 21.7 Å². The fourth-order valence-corrected chi connectivity index (χ4v) is 11.3. The largest absolute Gasteiger partial charge is 0.478 e. The van der Waals surface area contributed by atoms with Crippen LogP contribution in [0.5, 0.6) is 5.75 Å². The Morgan fingerprint density at radius 3 is 2.55 bits per heavy atom. The van der Waals surface area contributed by atoms with Gasteiger partial charge in [-0.05, 0) is 120 Å². The Labute approximate surface area is 394 Å². The van der Waals surface area contributed by atoms with Crippen LogP contribution in [0.15, 0.2) is 53.5 Å². The first kappa shape index (κ1) is 45.0. The monoisotopic (exact) mass is 934 g/mol. The Kier molecular flexibility index (Phi) is 12.3. The molecular formula is C49H59ClN10O7. The molecule has 2 atom stereocenters. The van der Waals surface area contributed by atoms with Crippen molar-refractivity contribution >= 4 is 69.3 Å². The predicted molar refractivity (Wildman–Crippen MR) is 254 cm³/mol. The summed E-state index contributed by atoms with van der Waals surface area (Å²) in [4.78, 5) is 81.2. The molecule has 354 valence electrons. The van der Waals surface area contributed by atoms with Crippen LogP contribution in [-0.4, -0.2) is 125 Å². The lowest BCUT2D eigenvalue weighted by atomic mass is 9.78. The van der Waals surface area contributed by atoms with Gasteiger partial charge in [-0.15, -0.1) is 0 Å². The summed E-state index contributed by atoms with van der Waals surface area (Å²) < 4.78 is 14.0. The normalized spacial score (nSPS) is 24.6. The fraction of sp³-hybridized carbons (Fsp3) is 0.531. The minimum atomic E-state index is -0.607. The molecule has 6 aliphatic rings. The first-order chi connectivity index (χ1) is 32.3. The zero-order valence-electron chi connectivity index (χ0n) is 38.4. The average Bonchev–Trinajstić information content (AvgIpc) is 3.86. The Morgan fingerprint density at radius 1 is 0.955 bits per heavy atom. The Morgan fingerprint density at radius 2 is 1.78 bits per heavy atom. The Balaban J connectivity index is 0.700. The van der Waals surface area contributed by atoms with Crippen LogP contribution >= 0.6 is 11.6 Å². The maximum Gasteiger partial charge on any atom is 0.293 e. The summed E-state index contributed by atoms with van der Waals surface area (Å²) in [7, 11) is 1.52. The van der Waals surface area contributed by atoms with Crippen LogP contribution in [0.2, 0.25) is 5.02 Å². The van der Waals surface area contributed by atoms with Gasteiger partial charge in [-0.2, -0.15) is 4.98 Å². The van der Waals surface area contributed by atoms with Gasteiger partial charge < -0.3 is 39.4 Å². The van der Waals surface area contributed by atoms with E-state index >= 15 is 0 Å². The predicted octanol–water partition coefficient (Wildman–Crippen LogP) is 5.16. The SMILES string of the molecule is CNC(=O)COc1cc2cc(Nc3nc(N4CCC(O[C@H]5C[C@H](N6CCC7(CCCN(c8ccc9c(c8)CN(C8CCC(=O)NC8=O)C9=O)C7)C6)C5)CC4)ncc3Cl)ccc2n(C(C)C)c1=O. The van der Waals surface area contributed by atoms with E-state index in [0.29, 0.717) is 41.4 Å². The number of aromatic nitrogens is 3. The van der Waals surface area contributed by atoms with Gasteiger partial charge in [0.15, 0.2) is 18.2 Å².